The van der Waals surface area contributed by atoms with E-state index in [1.54, 1.807) is 18.7 Å². The standard InChI is InChI=1S/C9H11ClN4O2/c1-12-5-11-7-6(12)8(15)14(4-3-10)9(16)13(7)2/h5H,3-4H2,1-2H3. The monoisotopic (exact) mass is 242 g/mol. The second-order valence-electron chi connectivity index (χ2n) is 3.52. The third kappa shape index (κ3) is 1.37. The van der Waals surface area contributed by atoms with E-state index in [4.69, 9.17) is 11.6 Å². The van der Waals surface area contributed by atoms with Crippen molar-refractivity contribution in [3.63, 3.8) is 0 Å². The zero-order valence-electron chi connectivity index (χ0n) is 8.97. The SMILES string of the molecule is Cn1cnc2c1c(=O)n(CCCl)c(=O)n2C. The van der Waals surface area contributed by atoms with Crippen molar-refractivity contribution in [2.24, 2.45) is 14.1 Å². The van der Waals surface area contributed by atoms with E-state index in [0.29, 0.717) is 11.2 Å². The van der Waals surface area contributed by atoms with Crippen LogP contribution in [0.5, 0.6) is 0 Å². The summed E-state index contributed by atoms with van der Waals surface area (Å²) in [5.74, 6) is 0.221. The van der Waals surface area contributed by atoms with Crippen LogP contribution in [0, 0.1) is 0 Å². The van der Waals surface area contributed by atoms with Crippen molar-refractivity contribution < 1.29 is 0 Å². The van der Waals surface area contributed by atoms with E-state index < -0.39 is 5.69 Å². The number of nitrogens with zero attached hydrogens (tertiary/aromatic N) is 4. The van der Waals surface area contributed by atoms with Crippen molar-refractivity contribution in [1.29, 1.82) is 0 Å². The summed E-state index contributed by atoms with van der Waals surface area (Å²) in [5, 5.41) is 0. The number of alkyl halides is 1. The normalized spacial score (nSPS) is 11.2. The fourth-order valence-electron chi connectivity index (χ4n) is 1.68. The molecule has 0 aliphatic heterocycles. The highest BCUT2D eigenvalue weighted by atomic mass is 35.5. The minimum absolute atomic E-state index is 0.203. The van der Waals surface area contributed by atoms with Crippen LogP contribution in [0.3, 0.4) is 0 Å². The average molecular weight is 243 g/mol. The van der Waals surface area contributed by atoms with Crippen LogP contribution in [0.15, 0.2) is 15.9 Å². The van der Waals surface area contributed by atoms with Crippen LogP contribution >= 0.6 is 11.6 Å². The van der Waals surface area contributed by atoms with Gasteiger partial charge in [0.05, 0.1) is 6.33 Å². The van der Waals surface area contributed by atoms with E-state index in [-0.39, 0.29) is 18.0 Å². The van der Waals surface area contributed by atoms with Gasteiger partial charge >= 0.3 is 5.69 Å². The van der Waals surface area contributed by atoms with Gasteiger partial charge in [-0.15, -0.1) is 11.6 Å². The highest BCUT2D eigenvalue weighted by Crippen LogP contribution is 2.02. The second-order valence-corrected chi connectivity index (χ2v) is 3.89. The molecule has 0 fully saturated rings. The lowest BCUT2D eigenvalue weighted by Gasteiger charge is -2.06. The number of aryl methyl sites for hydroxylation is 2. The molecule has 0 saturated carbocycles. The molecule has 0 amide bonds. The molecule has 0 aliphatic rings. The highest BCUT2D eigenvalue weighted by Gasteiger charge is 2.13. The van der Waals surface area contributed by atoms with Gasteiger partial charge in [-0.2, -0.15) is 0 Å². The van der Waals surface area contributed by atoms with Gasteiger partial charge in [-0.05, 0) is 0 Å². The van der Waals surface area contributed by atoms with Gasteiger partial charge in [0, 0.05) is 26.5 Å². The Labute approximate surface area is 95.7 Å². The summed E-state index contributed by atoms with van der Waals surface area (Å²) in [6, 6.07) is 0. The first-order valence-corrected chi connectivity index (χ1v) is 5.28. The lowest BCUT2D eigenvalue weighted by Crippen LogP contribution is -2.39. The zero-order chi connectivity index (χ0) is 11.9. The van der Waals surface area contributed by atoms with Gasteiger partial charge in [0.1, 0.15) is 0 Å². The molecule has 2 rings (SSSR count). The Morgan fingerprint density at radius 3 is 2.69 bits per heavy atom. The molecule has 0 radical (unpaired) electrons. The zero-order valence-corrected chi connectivity index (χ0v) is 9.73. The molecule has 0 unspecified atom stereocenters. The van der Waals surface area contributed by atoms with Gasteiger partial charge in [-0.1, -0.05) is 0 Å². The van der Waals surface area contributed by atoms with Crippen LogP contribution in [-0.2, 0) is 20.6 Å². The van der Waals surface area contributed by atoms with E-state index in [2.05, 4.69) is 4.98 Å². The molecule has 0 aliphatic carbocycles. The first-order valence-electron chi connectivity index (χ1n) is 4.74. The van der Waals surface area contributed by atoms with Gasteiger partial charge in [-0.3, -0.25) is 13.9 Å². The molecule has 0 N–H and O–H groups in total. The predicted molar refractivity (Wildman–Crippen MR) is 60.9 cm³/mol. The number of hydrogen-bond acceptors (Lipinski definition) is 3. The molecule has 16 heavy (non-hydrogen) atoms. The number of fused-ring (bicyclic) bond motifs is 1. The molecule has 0 spiro atoms. The van der Waals surface area contributed by atoms with Gasteiger partial charge in [0.25, 0.3) is 5.56 Å². The molecule has 2 heterocycles. The minimum Gasteiger partial charge on any atom is -0.328 e. The van der Waals surface area contributed by atoms with Crippen LogP contribution < -0.4 is 11.2 Å². The van der Waals surface area contributed by atoms with Crippen molar-refractivity contribution >= 4 is 22.8 Å². The summed E-state index contributed by atoms with van der Waals surface area (Å²) < 4.78 is 4.07. The van der Waals surface area contributed by atoms with Gasteiger partial charge < -0.3 is 4.57 Å². The molecule has 7 heteroatoms. The molecule has 0 atom stereocenters. The van der Waals surface area contributed by atoms with E-state index in [9.17, 15) is 9.59 Å². The quantitative estimate of drug-likeness (QED) is 0.678. The number of hydrogen-bond donors (Lipinski definition) is 0. The lowest BCUT2D eigenvalue weighted by atomic mass is 10.5. The molecule has 0 bridgehead atoms. The number of aromatic nitrogens is 4. The summed E-state index contributed by atoms with van der Waals surface area (Å²) in [5.41, 5.74) is 0.0612. The summed E-state index contributed by atoms with van der Waals surface area (Å²) in [4.78, 5) is 27.8. The van der Waals surface area contributed by atoms with Crippen LogP contribution in [0.1, 0.15) is 0 Å². The van der Waals surface area contributed by atoms with Gasteiger partial charge in [-0.25, -0.2) is 9.78 Å². The molecule has 0 saturated heterocycles. The van der Waals surface area contributed by atoms with Crippen molar-refractivity contribution in [3.8, 4) is 0 Å². The smallest absolute Gasteiger partial charge is 0.328 e. The van der Waals surface area contributed by atoms with Crippen LogP contribution in [0.2, 0.25) is 0 Å². The van der Waals surface area contributed by atoms with Crippen molar-refractivity contribution in [3.05, 3.63) is 27.2 Å². The van der Waals surface area contributed by atoms with Crippen molar-refractivity contribution in [2.75, 3.05) is 5.88 Å². The Balaban J connectivity index is 2.98. The molecule has 6 nitrogen and oxygen atoms in total. The molecule has 0 aromatic carbocycles. The number of imidazole rings is 1. The highest BCUT2D eigenvalue weighted by molar-refractivity contribution is 6.17. The van der Waals surface area contributed by atoms with Crippen LogP contribution in [0.25, 0.3) is 11.2 Å². The first-order chi connectivity index (χ1) is 7.57. The molecular formula is C9H11ClN4O2. The van der Waals surface area contributed by atoms with E-state index >= 15 is 0 Å². The summed E-state index contributed by atoms with van der Waals surface area (Å²) >= 11 is 5.57. The Kier molecular flexibility index (Phi) is 2.59. The maximum absolute atomic E-state index is 12.0. The minimum atomic E-state index is -0.392. The molecule has 2 aromatic heterocycles. The fraction of sp³-hybridized carbons (Fsp3) is 0.444. The third-order valence-corrected chi connectivity index (χ3v) is 2.68. The van der Waals surface area contributed by atoms with Crippen LogP contribution in [0.4, 0.5) is 0 Å². The largest absolute Gasteiger partial charge is 0.332 e. The predicted octanol–water partition coefficient (Wildman–Crippen LogP) is -0.328. The van der Waals surface area contributed by atoms with E-state index in [0.717, 1.165) is 4.57 Å². The van der Waals surface area contributed by atoms with E-state index in [1.165, 1.54) is 10.9 Å². The maximum atomic E-state index is 12.0. The second kappa shape index (κ2) is 3.79. The first kappa shape index (κ1) is 10.9. The molecule has 2 aromatic rings. The summed E-state index contributed by atoms with van der Waals surface area (Å²) in [6.07, 6.45) is 1.51. The van der Waals surface area contributed by atoms with Crippen molar-refractivity contribution in [1.82, 2.24) is 18.7 Å². The van der Waals surface area contributed by atoms with Gasteiger partial charge in [0.15, 0.2) is 11.2 Å². The number of halogens is 1. The summed E-state index contributed by atoms with van der Waals surface area (Å²) in [7, 11) is 3.30. The molecular weight excluding hydrogens is 232 g/mol. The third-order valence-electron chi connectivity index (χ3n) is 2.51. The maximum Gasteiger partial charge on any atom is 0.332 e. The lowest BCUT2D eigenvalue weighted by molar-refractivity contribution is 0.638. The molecule has 86 valence electrons. The van der Waals surface area contributed by atoms with E-state index in [1.807, 2.05) is 0 Å². The average Bonchev–Trinajstić information content (AvgIpc) is 2.64. The fourth-order valence-corrected chi connectivity index (χ4v) is 1.85. The van der Waals surface area contributed by atoms with Crippen molar-refractivity contribution in [2.45, 2.75) is 6.54 Å². The van der Waals surface area contributed by atoms with Gasteiger partial charge in [0.2, 0.25) is 0 Å². The summed E-state index contributed by atoms with van der Waals surface area (Å²) in [6.45, 7) is 0.203. The Morgan fingerprint density at radius 1 is 1.38 bits per heavy atom. The Morgan fingerprint density at radius 2 is 2.06 bits per heavy atom. The number of rotatable bonds is 2. The Hall–Kier alpha value is -1.56. The van der Waals surface area contributed by atoms with Crippen LogP contribution in [-0.4, -0.2) is 24.6 Å². The topological polar surface area (TPSA) is 61.8 Å². The Bertz CT molecular complexity index is 652.